The normalized spacial score (nSPS) is 30.6. The van der Waals surface area contributed by atoms with Crippen molar-refractivity contribution in [3.63, 3.8) is 0 Å². The number of hydrogen-bond acceptors (Lipinski definition) is 5. The zero-order chi connectivity index (χ0) is 11.9. The number of nitrogens with two attached hydrogens (primary N) is 2. The van der Waals surface area contributed by atoms with Crippen LogP contribution < -0.4 is 22.1 Å². The molecule has 1 heterocycles. The highest BCUT2D eigenvalue weighted by Gasteiger charge is 2.40. The Kier molecular flexibility index (Phi) is 6.23. The topological polar surface area (TPSA) is 85.3 Å². The van der Waals surface area contributed by atoms with Gasteiger partial charge in [0.25, 0.3) is 0 Å². The first-order valence-corrected chi connectivity index (χ1v) is 6.21. The van der Waals surface area contributed by atoms with Gasteiger partial charge in [0.1, 0.15) is 0 Å². The van der Waals surface area contributed by atoms with Gasteiger partial charge < -0.3 is 26.8 Å². The van der Waals surface area contributed by atoms with Crippen LogP contribution in [0.15, 0.2) is 0 Å². The molecule has 6 N–H and O–H groups in total. The maximum atomic E-state index is 6.04. The number of morpholine rings is 1. The van der Waals surface area contributed by atoms with E-state index in [4.69, 9.17) is 16.2 Å². The summed E-state index contributed by atoms with van der Waals surface area (Å²) in [5.41, 5.74) is 11.2. The Balaban J connectivity index is 2.66. The molecule has 1 aliphatic rings. The predicted molar refractivity (Wildman–Crippen MR) is 66.4 cm³/mol. The Hall–Kier alpha value is -0.200. The van der Waals surface area contributed by atoms with Crippen LogP contribution in [0.1, 0.15) is 19.3 Å². The molecule has 0 aliphatic carbocycles. The van der Waals surface area contributed by atoms with E-state index in [0.29, 0.717) is 19.1 Å². The van der Waals surface area contributed by atoms with Crippen LogP contribution in [-0.2, 0) is 4.74 Å². The van der Waals surface area contributed by atoms with Crippen LogP contribution in [-0.4, -0.2) is 51.5 Å². The van der Waals surface area contributed by atoms with Crippen molar-refractivity contribution in [3.05, 3.63) is 0 Å². The Morgan fingerprint density at radius 1 is 1.38 bits per heavy atom. The molecule has 0 aromatic carbocycles. The zero-order valence-corrected chi connectivity index (χ0v) is 10.3. The Labute approximate surface area is 98.3 Å². The average Bonchev–Trinajstić information content (AvgIpc) is 2.30. The molecule has 0 radical (unpaired) electrons. The van der Waals surface area contributed by atoms with Crippen LogP contribution in [0.5, 0.6) is 0 Å². The monoisotopic (exact) mass is 230 g/mol. The van der Waals surface area contributed by atoms with Crippen molar-refractivity contribution in [2.75, 3.05) is 39.8 Å². The summed E-state index contributed by atoms with van der Waals surface area (Å²) in [7, 11) is 1.96. The fourth-order valence-electron chi connectivity index (χ4n) is 2.50. The number of ether oxygens (including phenoxy) is 1. The molecule has 16 heavy (non-hydrogen) atoms. The van der Waals surface area contributed by atoms with Crippen molar-refractivity contribution in [2.45, 2.75) is 30.9 Å². The van der Waals surface area contributed by atoms with E-state index in [-0.39, 0.29) is 5.60 Å². The molecule has 0 aromatic rings. The molecule has 1 fully saturated rings. The lowest BCUT2D eigenvalue weighted by atomic mass is 9.83. The van der Waals surface area contributed by atoms with Crippen LogP contribution in [0.2, 0.25) is 0 Å². The lowest BCUT2D eigenvalue weighted by Crippen LogP contribution is -2.60. The maximum absolute atomic E-state index is 6.04. The maximum Gasteiger partial charge on any atom is 0.0859 e. The molecule has 1 saturated heterocycles. The molecule has 0 aromatic heterocycles. The summed E-state index contributed by atoms with van der Waals surface area (Å²) in [6.07, 6.45) is 2.83. The van der Waals surface area contributed by atoms with Crippen LogP contribution in [0, 0.1) is 0 Å². The third-order valence-electron chi connectivity index (χ3n) is 3.34. The predicted octanol–water partition coefficient (Wildman–Crippen LogP) is -0.979. The first-order valence-electron chi connectivity index (χ1n) is 6.21. The fourth-order valence-corrected chi connectivity index (χ4v) is 2.50. The minimum atomic E-state index is -0.130. The minimum Gasteiger partial charge on any atom is -0.372 e. The molecule has 1 rings (SSSR count). The third kappa shape index (κ3) is 3.40. The number of rotatable bonds is 7. The van der Waals surface area contributed by atoms with Crippen LogP contribution >= 0.6 is 0 Å². The summed E-state index contributed by atoms with van der Waals surface area (Å²) in [6, 6.07) is 0.336. The van der Waals surface area contributed by atoms with Crippen molar-refractivity contribution in [2.24, 2.45) is 11.5 Å². The highest BCUT2D eigenvalue weighted by atomic mass is 16.5. The van der Waals surface area contributed by atoms with Gasteiger partial charge in [-0.05, 0) is 45.9 Å². The van der Waals surface area contributed by atoms with Crippen LogP contribution in [0.4, 0.5) is 0 Å². The van der Waals surface area contributed by atoms with Gasteiger partial charge in [0.15, 0.2) is 0 Å². The van der Waals surface area contributed by atoms with Crippen molar-refractivity contribution < 1.29 is 4.74 Å². The highest BCUT2D eigenvalue weighted by Crippen LogP contribution is 2.28. The largest absolute Gasteiger partial charge is 0.372 e. The van der Waals surface area contributed by atoms with Gasteiger partial charge in [-0.25, -0.2) is 0 Å². The van der Waals surface area contributed by atoms with E-state index in [2.05, 4.69) is 10.6 Å². The molecular formula is C11H26N4O. The lowest BCUT2D eigenvalue weighted by molar-refractivity contribution is -0.106. The van der Waals surface area contributed by atoms with E-state index >= 15 is 0 Å². The van der Waals surface area contributed by atoms with Gasteiger partial charge in [-0.1, -0.05) is 0 Å². The second-order valence-electron chi connectivity index (χ2n) is 4.39. The minimum absolute atomic E-state index is 0.130. The highest BCUT2D eigenvalue weighted by molar-refractivity contribution is 4.96. The lowest BCUT2D eigenvalue weighted by Gasteiger charge is -2.45. The molecule has 0 amide bonds. The van der Waals surface area contributed by atoms with Gasteiger partial charge in [-0.2, -0.15) is 0 Å². The SMILES string of the molecule is CNCCC1(CCN)OCCNC1CCN. The van der Waals surface area contributed by atoms with E-state index in [9.17, 15) is 0 Å². The van der Waals surface area contributed by atoms with E-state index in [1.807, 2.05) is 7.05 Å². The fraction of sp³-hybridized carbons (Fsp3) is 1.00. The molecule has 5 nitrogen and oxygen atoms in total. The standard InChI is InChI=1S/C11H26N4O/c1-14-7-4-11(3-6-13)10(2-5-12)15-8-9-16-11/h10,14-15H,2-9,12-13H2,1H3. The molecule has 5 heteroatoms. The summed E-state index contributed by atoms with van der Waals surface area (Å²) in [5, 5.41) is 6.70. The first kappa shape index (κ1) is 13.9. The molecular weight excluding hydrogens is 204 g/mol. The van der Waals surface area contributed by atoms with Gasteiger partial charge in [0, 0.05) is 12.6 Å². The van der Waals surface area contributed by atoms with Crippen molar-refractivity contribution >= 4 is 0 Å². The molecule has 1 aliphatic heterocycles. The summed E-state index contributed by atoms with van der Waals surface area (Å²) in [6.45, 7) is 3.98. The second-order valence-corrected chi connectivity index (χ2v) is 4.39. The van der Waals surface area contributed by atoms with Gasteiger partial charge in [0.2, 0.25) is 0 Å². The van der Waals surface area contributed by atoms with Gasteiger partial charge in [0.05, 0.1) is 12.2 Å². The van der Waals surface area contributed by atoms with E-state index in [0.717, 1.165) is 39.0 Å². The molecule has 0 bridgehead atoms. The summed E-state index contributed by atoms with van der Waals surface area (Å²) in [4.78, 5) is 0. The summed E-state index contributed by atoms with van der Waals surface area (Å²) >= 11 is 0. The van der Waals surface area contributed by atoms with E-state index in [1.165, 1.54) is 0 Å². The Morgan fingerprint density at radius 3 is 2.81 bits per heavy atom. The molecule has 0 spiro atoms. The first-order chi connectivity index (χ1) is 7.79. The quantitative estimate of drug-likeness (QED) is 0.452. The van der Waals surface area contributed by atoms with Gasteiger partial charge in [-0.3, -0.25) is 0 Å². The van der Waals surface area contributed by atoms with Crippen molar-refractivity contribution in [1.29, 1.82) is 0 Å². The average molecular weight is 230 g/mol. The number of nitrogens with one attached hydrogen (secondary N) is 2. The third-order valence-corrected chi connectivity index (χ3v) is 3.34. The molecule has 0 saturated carbocycles. The number of hydrogen-bond donors (Lipinski definition) is 4. The summed E-state index contributed by atoms with van der Waals surface area (Å²) < 4.78 is 6.04. The second kappa shape index (κ2) is 7.19. The summed E-state index contributed by atoms with van der Waals surface area (Å²) in [5.74, 6) is 0. The van der Waals surface area contributed by atoms with E-state index < -0.39 is 0 Å². The Bertz CT molecular complexity index is 185. The van der Waals surface area contributed by atoms with Crippen LogP contribution in [0.3, 0.4) is 0 Å². The smallest absolute Gasteiger partial charge is 0.0859 e. The van der Waals surface area contributed by atoms with Gasteiger partial charge >= 0.3 is 0 Å². The van der Waals surface area contributed by atoms with Crippen molar-refractivity contribution in [3.8, 4) is 0 Å². The van der Waals surface area contributed by atoms with E-state index in [1.54, 1.807) is 0 Å². The van der Waals surface area contributed by atoms with Gasteiger partial charge in [-0.15, -0.1) is 0 Å². The zero-order valence-electron chi connectivity index (χ0n) is 10.3. The Morgan fingerprint density at radius 2 is 2.19 bits per heavy atom. The molecule has 2 unspecified atom stereocenters. The van der Waals surface area contributed by atoms with Crippen molar-refractivity contribution in [1.82, 2.24) is 10.6 Å². The molecule has 2 atom stereocenters. The molecule has 96 valence electrons. The van der Waals surface area contributed by atoms with Crippen LogP contribution in [0.25, 0.3) is 0 Å².